The molecular weight excluding hydrogens is 296 g/mol. The van der Waals surface area contributed by atoms with Crippen LogP contribution in [0.1, 0.15) is 52.0 Å². The summed E-state index contributed by atoms with van der Waals surface area (Å²) in [5, 5.41) is 3.23. The Bertz CT molecular complexity index is 536. The Morgan fingerprint density at radius 2 is 2.12 bits per heavy atom. The lowest BCUT2D eigenvalue weighted by molar-refractivity contribution is 0.162. The van der Waals surface area contributed by atoms with Crippen LogP contribution in [0.2, 0.25) is 0 Å². The highest BCUT2D eigenvalue weighted by molar-refractivity contribution is 5.92. The Labute approximate surface area is 147 Å². The van der Waals surface area contributed by atoms with Gasteiger partial charge in [-0.05, 0) is 54.8 Å². The van der Waals surface area contributed by atoms with Crippen LogP contribution in [0.3, 0.4) is 0 Å². The van der Waals surface area contributed by atoms with Crippen LogP contribution >= 0.6 is 0 Å². The molecule has 134 valence electrons. The number of rotatable bonds is 6. The molecule has 1 aromatic rings. The lowest BCUT2D eigenvalue weighted by Gasteiger charge is -2.33. The van der Waals surface area contributed by atoms with Crippen LogP contribution in [0.25, 0.3) is 0 Å². The number of nitrogens with one attached hydrogen (secondary N) is 1. The van der Waals surface area contributed by atoms with E-state index in [0.717, 1.165) is 24.7 Å². The fourth-order valence-electron chi connectivity index (χ4n) is 3.37. The summed E-state index contributed by atoms with van der Waals surface area (Å²) in [6, 6.07) is 8.40. The number of piperidine rings is 1. The van der Waals surface area contributed by atoms with E-state index in [1.807, 2.05) is 6.07 Å². The monoisotopic (exact) mass is 330 g/mol. The van der Waals surface area contributed by atoms with Gasteiger partial charge in [-0.15, -0.1) is 0 Å². The molecule has 2 rings (SSSR count). The van der Waals surface area contributed by atoms with E-state index in [2.05, 4.69) is 61.1 Å². The Kier molecular flexibility index (Phi) is 7.10. The lowest BCUT2D eigenvalue weighted by Crippen LogP contribution is -2.39. The summed E-state index contributed by atoms with van der Waals surface area (Å²) in [6.45, 7) is 13.4. The topological polar surface area (TPSA) is 53.6 Å². The largest absolute Gasteiger partial charge is 0.370 e. The Balaban J connectivity index is 1.86. The molecule has 4 nitrogen and oxygen atoms in total. The zero-order valence-electron chi connectivity index (χ0n) is 15.8. The van der Waals surface area contributed by atoms with Crippen LogP contribution in [-0.4, -0.2) is 37.0 Å². The quantitative estimate of drug-likeness (QED) is 0.614. The van der Waals surface area contributed by atoms with Crippen molar-refractivity contribution in [2.75, 3.05) is 31.5 Å². The molecule has 1 unspecified atom stereocenters. The van der Waals surface area contributed by atoms with Gasteiger partial charge in [0.2, 0.25) is 0 Å². The molecule has 0 bridgehead atoms. The van der Waals surface area contributed by atoms with E-state index in [0.29, 0.717) is 17.8 Å². The third-order valence-corrected chi connectivity index (χ3v) is 4.57. The molecule has 1 aromatic carbocycles. The zero-order valence-corrected chi connectivity index (χ0v) is 15.8. The van der Waals surface area contributed by atoms with Gasteiger partial charge in [-0.3, -0.25) is 4.99 Å². The van der Waals surface area contributed by atoms with Crippen molar-refractivity contribution in [3.63, 3.8) is 0 Å². The molecule has 1 aliphatic rings. The van der Waals surface area contributed by atoms with Crippen molar-refractivity contribution in [3.05, 3.63) is 29.8 Å². The minimum atomic E-state index is 0.513. The predicted molar refractivity (Wildman–Crippen MR) is 105 cm³/mol. The van der Waals surface area contributed by atoms with Crippen molar-refractivity contribution in [2.45, 2.75) is 46.5 Å². The molecular formula is C20H34N4. The molecule has 0 radical (unpaired) electrons. The third-order valence-electron chi connectivity index (χ3n) is 4.57. The summed E-state index contributed by atoms with van der Waals surface area (Å²) in [4.78, 5) is 7.16. The number of hydrogen-bond donors (Lipinski definition) is 2. The summed E-state index contributed by atoms with van der Waals surface area (Å²) < 4.78 is 0. The second-order valence-corrected chi connectivity index (χ2v) is 7.79. The van der Waals surface area contributed by atoms with Crippen LogP contribution in [0, 0.1) is 11.8 Å². The van der Waals surface area contributed by atoms with E-state index in [1.165, 1.54) is 31.5 Å². The second-order valence-electron chi connectivity index (χ2n) is 7.79. The van der Waals surface area contributed by atoms with Crippen LogP contribution < -0.4 is 11.1 Å². The highest BCUT2D eigenvalue weighted by Gasteiger charge is 2.20. The van der Waals surface area contributed by atoms with Crippen molar-refractivity contribution in [1.29, 1.82) is 0 Å². The first kappa shape index (κ1) is 18.8. The molecule has 1 fully saturated rings. The maximum absolute atomic E-state index is 6.09. The number of hydrogen-bond acceptors (Lipinski definition) is 2. The van der Waals surface area contributed by atoms with Crippen LogP contribution in [0.5, 0.6) is 0 Å². The van der Waals surface area contributed by atoms with Crippen molar-refractivity contribution in [3.8, 4) is 0 Å². The first-order valence-corrected chi connectivity index (χ1v) is 9.33. The molecule has 1 atom stereocenters. The average Bonchev–Trinajstić information content (AvgIpc) is 2.53. The highest BCUT2D eigenvalue weighted by atomic mass is 15.1. The lowest BCUT2D eigenvalue weighted by atomic mass is 9.97. The molecule has 3 N–H and O–H groups in total. The van der Waals surface area contributed by atoms with Gasteiger partial charge in [0.15, 0.2) is 5.96 Å². The van der Waals surface area contributed by atoms with Gasteiger partial charge in [-0.1, -0.05) is 39.8 Å². The maximum Gasteiger partial charge on any atom is 0.193 e. The number of guanidine groups is 1. The molecule has 0 saturated carbocycles. The Morgan fingerprint density at radius 3 is 2.83 bits per heavy atom. The van der Waals surface area contributed by atoms with Gasteiger partial charge in [0.05, 0.1) is 0 Å². The second kappa shape index (κ2) is 9.07. The third kappa shape index (κ3) is 6.16. The summed E-state index contributed by atoms with van der Waals surface area (Å²) in [7, 11) is 0. The van der Waals surface area contributed by atoms with Gasteiger partial charge in [0.25, 0.3) is 0 Å². The molecule has 1 aliphatic heterocycles. The fourth-order valence-corrected chi connectivity index (χ4v) is 3.37. The number of nitrogens with zero attached hydrogens (tertiary/aromatic N) is 2. The average molecular weight is 331 g/mol. The van der Waals surface area contributed by atoms with Crippen molar-refractivity contribution < 1.29 is 0 Å². The maximum atomic E-state index is 6.09. The molecule has 1 saturated heterocycles. The van der Waals surface area contributed by atoms with Gasteiger partial charge >= 0.3 is 0 Å². The van der Waals surface area contributed by atoms with E-state index >= 15 is 0 Å². The van der Waals surface area contributed by atoms with Gasteiger partial charge in [-0.25, -0.2) is 0 Å². The molecule has 4 heteroatoms. The number of benzene rings is 1. The molecule has 1 heterocycles. The highest BCUT2D eigenvalue weighted by Crippen LogP contribution is 2.19. The van der Waals surface area contributed by atoms with Crippen molar-refractivity contribution in [1.82, 2.24) is 4.90 Å². The fraction of sp³-hybridized carbons (Fsp3) is 0.650. The number of nitrogens with two attached hydrogens (primary N) is 1. The first-order chi connectivity index (χ1) is 11.4. The van der Waals surface area contributed by atoms with Gasteiger partial charge in [0.1, 0.15) is 0 Å². The SMILES string of the molecule is CC(C)CN1CCCC(CN=C(N)Nc2cccc(C(C)C)c2)C1. The van der Waals surface area contributed by atoms with E-state index in [1.54, 1.807) is 0 Å². The number of aliphatic imine (C=N–C) groups is 1. The smallest absolute Gasteiger partial charge is 0.193 e. The van der Waals surface area contributed by atoms with Gasteiger partial charge in [-0.2, -0.15) is 0 Å². The Morgan fingerprint density at radius 1 is 1.33 bits per heavy atom. The van der Waals surface area contributed by atoms with E-state index in [9.17, 15) is 0 Å². The summed E-state index contributed by atoms with van der Waals surface area (Å²) in [5.74, 6) is 2.39. The van der Waals surface area contributed by atoms with Crippen LogP contribution in [0.4, 0.5) is 5.69 Å². The molecule has 0 spiro atoms. The summed E-state index contributed by atoms with van der Waals surface area (Å²) in [5.41, 5.74) is 8.42. The molecule has 0 aliphatic carbocycles. The minimum absolute atomic E-state index is 0.513. The summed E-state index contributed by atoms with van der Waals surface area (Å²) in [6.07, 6.45) is 2.53. The van der Waals surface area contributed by atoms with Gasteiger partial charge < -0.3 is 16.0 Å². The van der Waals surface area contributed by atoms with E-state index < -0.39 is 0 Å². The zero-order chi connectivity index (χ0) is 17.5. The number of anilines is 1. The van der Waals surface area contributed by atoms with Gasteiger partial charge in [0, 0.05) is 25.3 Å². The predicted octanol–water partition coefficient (Wildman–Crippen LogP) is 3.90. The molecule has 24 heavy (non-hydrogen) atoms. The minimum Gasteiger partial charge on any atom is -0.370 e. The summed E-state index contributed by atoms with van der Waals surface area (Å²) >= 11 is 0. The standard InChI is InChI=1S/C20H34N4/c1-15(2)13-24-10-6-7-17(14-24)12-22-20(21)23-19-9-5-8-18(11-19)16(3)4/h5,8-9,11,15-17H,6-7,10,12-14H2,1-4H3,(H3,21,22,23). The first-order valence-electron chi connectivity index (χ1n) is 9.33. The Hall–Kier alpha value is -1.55. The van der Waals surface area contributed by atoms with Crippen LogP contribution in [-0.2, 0) is 0 Å². The molecule has 0 aromatic heterocycles. The number of likely N-dealkylation sites (tertiary alicyclic amines) is 1. The van der Waals surface area contributed by atoms with E-state index in [-0.39, 0.29) is 0 Å². The normalized spacial score (nSPS) is 19.9. The van der Waals surface area contributed by atoms with E-state index in [4.69, 9.17) is 5.73 Å². The van der Waals surface area contributed by atoms with Crippen molar-refractivity contribution in [2.24, 2.45) is 22.6 Å². The van der Waals surface area contributed by atoms with Crippen LogP contribution in [0.15, 0.2) is 29.3 Å². The molecule has 0 amide bonds. The van der Waals surface area contributed by atoms with Crippen molar-refractivity contribution >= 4 is 11.6 Å².